The van der Waals surface area contributed by atoms with Gasteiger partial charge in [-0.15, -0.1) is 0 Å². The fourth-order valence-electron chi connectivity index (χ4n) is 0.689. The third-order valence-electron chi connectivity index (χ3n) is 1.75. The molecule has 1 amide bonds. The number of halogens is 6. The minimum Gasteiger partial charge on any atom is -0.741 e. The van der Waals surface area contributed by atoms with Crippen molar-refractivity contribution in [3.05, 3.63) is 18.7 Å². The van der Waals surface area contributed by atoms with Gasteiger partial charge < -0.3 is 10.3 Å². The van der Waals surface area contributed by atoms with Crippen LogP contribution in [0.15, 0.2) is 18.7 Å². The summed E-state index contributed by atoms with van der Waals surface area (Å²) in [7, 11) is -4.07. The molecule has 1 rings (SSSR count). The molecule has 7 nitrogen and oxygen atoms in total. The summed E-state index contributed by atoms with van der Waals surface area (Å²) in [4.78, 5) is 9.12. The molecule has 136 valence electrons. The van der Waals surface area contributed by atoms with E-state index in [4.69, 9.17) is 17.8 Å². The summed E-state index contributed by atoms with van der Waals surface area (Å²) in [6, 6.07) is 0. The highest BCUT2D eigenvalue weighted by atomic mass is 32.2. The zero-order chi connectivity index (χ0) is 19.1. The lowest BCUT2D eigenvalue weighted by molar-refractivity contribution is -0.671. The van der Waals surface area contributed by atoms with Crippen LogP contribution in [0, 0.1) is 0 Å². The largest absolute Gasteiger partial charge is 0.741 e. The molecule has 0 saturated carbocycles. The van der Waals surface area contributed by atoms with Crippen LogP contribution < -0.4 is 10.3 Å². The van der Waals surface area contributed by atoms with Crippen LogP contribution in [0.4, 0.5) is 26.3 Å². The lowest BCUT2D eigenvalue weighted by Crippen LogP contribution is -2.30. The molecule has 0 atom stereocenters. The van der Waals surface area contributed by atoms with E-state index in [0.717, 1.165) is 6.54 Å². The molecule has 1 heterocycles. The number of primary amides is 1. The monoisotopic (exact) mass is 373 g/mol. The molecular weight excluding hydrogens is 360 g/mol. The zero-order valence-electron chi connectivity index (χ0n) is 11.7. The second-order valence-electron chi connectivity index (χ2n) is 3.67. The molecule has 0 spiro atoms. The Morgan fingerprint density at radius 1 is 1.26 bits per heavy atom. The molecule has 1 aromatic rings. The van der Waals surface area contributed by atoms with Gasteiger partial charge in [-0.05, 0) is 6.92 Å². The summed E-state index contributed by atoms with van der Waals surface area (Å²) in [5.41, 5.74) is -1.84. The standard InChI is InChI=1S/C6H11N2.C2H2F3NO.CHF3O3S/c1-3-8-5-4-7(2)6-8;3-2(4,5)1(6)7;2-1(3,4)8(5,6)7/h4-6H,3H2,1-2H3;(H2,6,7);(H,5,6,7)/q+1;;/p-1. The van der Waals surface area contributed by atoms with Gasteiger partial charge in [-0.25, -0.2) is 17.6 Å². The number of rotatable bonds is 1. The molecule has 0 aromatic carbocycles. The molecule has 0 unspecified atom stereocenters. The summed E-state index contributed by atoms with van der Waals surface area (Å²) in [6.45, 7) is 3.18. The van der Waals surface area contributed by atoms with Crippen LogP contribution in [-0.2, 0) is 28.5 Å². The maximum atomic E-state index is 10.7. The normalized spacial score (nSPS) is 11.7. The third-order valence-corrected chi connectivity index (χ3v) is 2.32. The van der Waals surface area contributed by atoms with Crippen LogP contribution in [0.5, 0.6) is 0 Å². The first-order valence-corrected chi connectivity index (χ1v) is 6.83. The summed E-state index contributed by atoms with van der Waals surface area (Å²) in [6.07, 6.45) is 1.28. The first-order valence-electron chi connectivity index (χ1n) is 5.42. The van der Waals surface area contributed by atoms with Crippen LogP contribution in [0.1, 0.15) is 6.92 Å². The van der Waals surface area contributed by atoms with E-state index in [9.17, 15) is 26.3 Å². The van der Waals surface area contributed by atoms with Crippen molar-refractivity contribution < 1.29 is 48.7 Å². The molecule has 0 aliphatic rings. The van der Waals surface area contributed by atoms with Crippen LogP contribution in [0.2, 0.25) is 0 Å². The van der Waals surface area contributed by atoms with Crippen LogP contribution >= 0.6 is 0 Å². The van der Waals surface area contributed by atoms with Gasteiger partial charge in [0.2, 0.25) is 6.33 Å². The maximum Gasteiger partial charge on any atom is 0.485 e. The Labute approximate surface area is 127 Å². The van der Waals surface area contributed by atoms with Gasteiger partial charge >= 0.3 is 17.6 Å². The summed E-state index contributed by atoms with van der Waals surface area (Å²) in [5.74, 6) is -2.26. The van der Waals surface area contributed by atoms with E-state index >= 15 is 0 Å². The second-order valence-corrected chi connectivity index (χ2v) is 5.04. The number of alkyl halides is 6. The molecule has 0 aliphatic heterocycles. The van der Waals surface area contributed by atoms with Crippen molar-refractivity contribution >= 4 is 16.0 Å². The third kappa shape index (κ3) is 11.4. The smallest absolute Gasteiger partial charge is 0.485 e. The molecule has 0 bridgehead atoms. The molecular formula is C9H13F6N3O4S. The van der Waals surface area contributed by atoms with Crippen LogP contribution in [0.25, 0.3) is 0 Å². The number of nitrogens with zero attached hydrogens (tertiary/aromatic N) is 2. The Hall–Kier alpha value is -1.83. The predicted octanol–water partition coefficient (Wildman–Crippen LogP) is 0.418. The molecule has 23 heavy (non-hydrogen) atoms. The average molecular weight is 373 g/mol. The number of carbonyl (C=O) groups excluding carboxylic acids is 1. The minimum atomic E-state index is -6.09. The first kappa shape index (κ1) is 23.4. The number of hydrogen-bond acceptors (Lipinski definition) is 4. The Morgan fingerprint density at radius 3 is 1.70 bits per heavy atom. The van der Waals surface area contributed by atoms with Crippen molar-refractivity contribution in [2.45, 2.75) is 25.2 Å². The Bertz CT molecular complexity index is 593. The van der Waals surface area contributed by atoms with Gasteiger partial charge in [0.25, 0.3) is 0 Å². The molecule has 0 radical (unpaired) electrons. The fourth-order valence-corrected chi connectivity index (χ4v) is 0.689. The van der Waals surface area contributed by atoms with Gasteiger partial charge in [0, 0.05) is 0 Å². The highest BCUT2D eigenvalue weighted by Crippen LogP contribution is 2.20. The Morgan fingerprint density at radius 2 is 1.61 bits per heavy atom. The lowest BCUT2D eigenvalue weighted by atomic mass is 10.6. The van der Waals surface area contributed by atoms with Crippen LogP contribution in [-0.4, -0.2) is 35.1 Å². The van der Waals surface area contributed by atoms with E-state index in [1.54, 1.807) is 0 Å². The number of aromatic nitrogens is 2. The topological polar surface area (TPSA) is 109 Å². The quantitative estimate of drug-likeness (QED) is 0.333. The summed E-state index contributed by atoms with van der Waals surface area (Å²) >= 11 is 0. The minimum absolute atomic E-state index is 1.06. The van der Waals surface area contributed by atoms with Gasteiger partial charge in [-0.2, -0.15) is 26.3 Å². The van der Waals surface area contributed by atoms with E-state index < -0.39 is 27.7 Å². The lowest BCUT2D eigenvalue weighted by Gasteiger charge is -2.08. The fraction of sp³-hybridized carbons (Fsp3) is 0.556. The average Bonchev–Trinajstić information content (AvgIpc) is 2.73. The SMILES string of the molecule is CCn1cc[n+](C)c1.NC(=O)C(F)(F)F.O=S(=O)([O-])C(F)(F)F. The van der Waals surface area contributed by atoms with Gasteiger partial charge in [0.1, 0.15) is 12.4 Å². The van der Waals surface area contributed by atoms with E-state index in [1.807, 2.05) is 17.8 Å². The molecule has 0 fully saturated rings. The number of carbonyl (C=O) groups is 1. The van der Waals surface area contributed by atoms with E-state index in [1.165, 1.54) is 0 Å². The molecule has 14 heteroatoms. The van der Waals surface area contributed by atoms with Crippen molar-refractivity contribution in [2.24, 2.45) is 12.8 Å². The maximum absolute atomic E-state index is 10.7. The highest BCUT2D eigenvalue weighted by Gasteiger charge is 2.37. The number of aryl methyl sites for hydroxylation is 2. The number of imidazole rings is 1. The zero-order valence-corrected chi connectivity index (χ0v) is 12.5. The van der Waals surface area contributed by atoms with Crippen molar-refractivity contribution in [2.75, 3.05) is 0 Å². The van der Waals surface area contributed by atoms with Crippen molar-refractivity contribution in [3.8, 4) is 0 Å². The van der Waals surface area contributed by atoms with Crippen molar-refractivity contribution in [1.29, 1.82) is 0 Å². The van der Waals surface area contributed by atoms with Crippen molar-refractivity contribution in [1.82, 2.24) is 4.57 Å². The number of nitrogens with two attached hydrogens (primary N) is 1. The highest BCUT2D eigenvalue weighted by molar-refractivity contribution is 7.86. The molecule has 0 saturated heterocycles. The second kappa shape index (κ2) is 8.71. The van der Waals surface area contributed by atoms with E-state index in [0.29, 0.717) is 0 Å². The van der Waals surface area contributed by atoms with Gasteiger partial charge in [0.05, 0.1) is 13.6 Å². The van der Waals surface area contributed by atoms with Gasteiger partial charge in [-0.1, -0.05) is 0 Å². The van der Waals surface area contributed by atoms with E-state index in [2.05, 4.69) is 29.7 Å². The van der Waals surface area contributed by atoms with Gasteiger partial charge in [-0.3, -0.25) is 4.79 Å². The Balaban J connectivity index is 0. The molecule has 0 aliphatic carbocycles. The van der Waals surface area contributed by atoms with Gasteiger partial charge in [0.15, 0.2) is 10.1 Å². The molecule has 1 aromatic heterocycles. The Kier molecular flexibility index (Phi) is 8.88. The summed E-state index contributed by atoms with van der Waals surface area (Å²) < 4.78 is 95.2. The number of hydrogen-bond donors (Lipinski definition) is 1. The molecule has 2 N–H and O–H groups in total. The predicted molar refractivity (Wildman–Crippen MR) is 62.3 cm³/mol. The summed E-state index contributed by atoms with van der Waals surface area (Å²) in [5, 5.41) is 0. The van der Waals surface area contributed by atoms with E-state index in [-0.39, 0.29) is 0 Å². The number of amides is 1. The van der Waals surface area contributed by atoms with Crippen LogP contribution in [0.3, 0.4) is 0 Å². The first-order chi connectivity index (χ1) is 10.0. The van der Waals surface area contributed by atoms with Crippen molar-refractivity contribution in [3.63, 3.8) is 0 Å².